The molecule has 146 valence electrons. The van der Waals surface area contributed by atoms with Crippen LogP contribution in [-0.4, -0.2) is 16.3 Å². The molecule has 2 rings (SSSR count). The Hall–Kier alpha value is -2.42. The van der Waals surface area contributed by atoms with Crippen molar-refractivity contribution in [1.29, 1.82) is 0 Å². The number of alkyl halides is 3. The van der Waals surface area contributed by atoms with Gasteiger partial charge in [-0.1, -0.05) is 20.8 Å². The van der Waals surface area contributed by atoms with Crippen LogP contribution in [0, 0.1) is 5.41 Å². The molecule has 1 N–H and O–H groups in total. The molecule has 0 spiro atoms. The van der Waals surface area contributed by atoms with Gasteiger partial charge in [0, 0.05) is 22.6 Å². The van der Waals surface area contributed by atoms with Crippen LogP contribution in [0.2, 0.25) is 0 Å². The largest absolute Gasteiger partial charge is 0.417 e. The summed E-state index contributed by atoms with van der Waals surface area (Å²) in [5.74, 6) is -0.617. The number of nitrogens with zero attached hydrogens (tertiary/aromatic N) is 1. The molecule has 5 nitrogen and oxygen atoms in total. The van der Waals surface area contributed by atoms with Crippen LogP contribution >= 0.6 is 11.3 Å². The Labute approximate surface area is 157 Å². The zero-order valence-electron chi connectivity index (χ0n) is 15.0. The number of aromatic nitrogens is 1. The second-order valence-electron chi connectivity index (χ2n) is 7.00. The third-order valence-electron chi connectivity index (χ3n) is 3.67. The molecule has 0 aliphatic rings. The minimum Gasteiger partial charge on any atom is -0.351 e. The number of Topliss-reactive ketones (excluding diaryl/α,β-unsaturated/α-hetero) is 1. The average Bonchev–Trinajstić information content (AvgIpc) is 3.01. The molecule has 0 atom stereocenters. The molecule has 9 heteroatoms. The number of hydrogen-bond acceptors (Lipinski definition) is 4. The lowest BCUT2D eigenvalue weighted by Crippen LogP contribution is -2.34. The second-order valence-corrected chi connectivity index (χ2v) is 8.17. The van der Waals surface area contributed by atoms with Crippen molar-refractivity contribution in [2.75, 3.05) is 0 Å². The predicted molar refractivity (Wildman–Crippen MR) is 95.7 cm³/mol. The Morgan fingerprint density at radius 3 is 2.37 bits per heavy atom. The number of halogens is 3. The number of hydrogen-bond donors (Lipinski definition) is 1. The maximum Gasteiger partial charge on any atom is 0.417 e. The molecule has 0 fully saturated rings. The fourth-order valence-corrected chi connectivity index (χ4v) is 2.99. The van der Waals surface area contributed by atoms with Crippen molar-refractivity contribution < 1.29 is 22.8 Å². The monoisotopic (exact) mass is 400 g/mol. The standard InChI is InChI=1S/C18H19F3N2O3S/c1-17(2,3)16(26)22-8-12-5-6-14(27-12)13(24)10-23-9-11(18(19,20)21)4-7-15(23)25/h4-7,9H,8,10H2,1-3H3,(H,22,26). The molecule has 0 unspecified atom stereocenters. The molecular weight excluding hydrogens is 381 g/mol. The van der Waals surface area contributed by atoms with Gasteiger partial charge in [0.2, 0.25) is 5.91 Å². The van der Waals surface area contributed by atoms with Crippen molar-refractivity contribution in [3.8, 4) is 0 Å². The average molecular weight is 400 g/mol. The molecule has 0 aliphatic carbocycles. The highest BCUT2D eigenvalue weighted by atomic mass is 32.1. The number of amides is 1. The maximum atomic E-state index is 12.8. The Morgan fingerprint density at radius 1 is 1.11 bits per heavy atom. The summed E-state index contributed by atoms with van der Waals surface area (Å²) >= 11 is 1.13. The van der Waals surface area contributed by atoms with E-state index in [0.29, 0.717) is 17.1 Å². The minimum absolute atomic E-state index is 0.140. The van der Waals surface area contributed by atoms with Crippen molar-refractivity contribution >= 4 is 23.0 Å². The number of carbonyl (C=O) groups excluding carboxylic acids is 2. The molecule has 0 bridgehead atoms. The molecule has 0 saturated heterocycles. The van der Waals surface area contributed by atoms with Crippen LogP contribution in [0.3, 0.4) is 0 Å². The molecule has 0 aliphatic heterocycles. The first-order valence-corrected chi connectivity index (χ1v) is 8.87. The quantitative estimate of drug-likeness (QED) is 0.782. The summed E-state index contributed by atoms with van der Waals surface area (Å²) in [5.41, 5.74) is -2.22. The molecule has 0 saturated carbocycles. The normalized spacial score (nSPS) is 12.1. The molecular formula is C18H19F3N2O3S. The van der Waals surface area contributed by atoms with Crippen molar-refractivity contribution in [2.45, 2.75) is 40.0 Å². The Morgan fingerprint density at radius 2 is 1.78 bits per heavy atom. The fourth-order valence-electron chi connectivity index (χ4n) is 2.11. The molecule has 0 aromatic carbocycles. The summed E-state index contributed by atoms with van der Waals surface area (Å²) in [6.07, 6.45) is -3.96. The van der Waals surface area contributed by atoms with Gasteiger partial charge in [0.25, 0.3) is 5.56 Å². The first-order valence-electron chi connectivity index (χ1n) is 8.06. The van der Waals surface area contributed by atoms with Gasteiger partial charge in [-0.15, -0.1) is 11.3 Å². The number of pyridine rings is 1. The van der Waals surface area contributed by atoms with Gasteiger partial charge in [-0.3, -0.25) is 14.4 Å². The van der Waals surface area contributed by atoms with Gasteiger partial charge in [0.15, 0.2) is 5.78 Å². The molecule has 0 radical (unpaired) electrons. The predicted octanol–water partition coefficient (Wildman–Crippen LogP) is 3.47. The lowest BCUT2D eigenvalue weighted by atomic mass is 9.96. The van der Waals surface area contributed by atoms with Crippen LogP contribution in [-0.2, 0) is 24.1 Å². The van der Waals surface area contributed by atoms with Crippen molar-refractivity contribution in [2.24, 2.45) is 5.41 Å². The smallest absolute Gasteiger partial charge is 0.351 e. The molecule has 27 heavy (non-hydrogen) atoms. The van der Waals surface area contributed by atoms with Gasteiger partial charge in [-0.05, 0) is 18.2 Å². The summed E-state index contributed by atoms with van der Waals surface area (Å²) in [4.78, 5) is 37.0. The highest BCUT2D eigenvalue weighted by molar-refractivity contribution is 7.14. The van der Waals surface area contributed by atoms with E-state index in [1.165, 1.54) is 6.07 Å². The molecule has 2 aromatic rings. The van der Waals surface area contributed by atoms with E-state index in [1.54, 1.807) is 26.8 Å². The highest BCUT2D eigenvalue weighted by Crippen LogP contribution is 2.28. The molecule has 2 heterocycles. The third-order valence-corrected chi connectivity index (χ3v) is 4.79. The van der Waals surface area contributed by atoms with E-state index >= 15 is 0 Å². The lowest BCUT2D eigenvalue weighted by Gasteiger charge is -2.17. The maximum absolute atomic E-state index is 12.8. The van der Waals surface area contributed by atoms with E-state index in [2.05, 4.69) is 5.32 Å². The van der Waals surface area contributed by atoms with E-state index in [4.69, 9.17) is 0 Å². The van der Waals surface area contributed by atoms with Gasteiger partial charge in [-0.25, -0.2) is 0 Å². The fraction of sp³-hybridized carbons (Fsp3) is 0.389. The highest BCUT2D eigenvalue weighted by Gasteiger charge is 2.31. The van der Waals surface area contributed by atoms with Crippen molar-refractivity contribution in [3.63, 3.8) is 0 Å². The van der Waals surface area contributed by atoms with E-state index < -0.39 is 35.0 Å². The van der Waals surface area contributed by atoms with Gasteiger partial charge in [0.05, 0.1) is 23.5 Å². The summed E-state index contributed by atoms with van der Waals surface area (Å²) in [6.45, 7) is 5.09. The van der Waals surface area contributed by atoms with E-state index in [9.17, 15) is 27.6 Å². The number of carbonyl (C=O) groups is 2. The third kappa shape index (κ3) is 5.53. The van der Waals surface area contributed by atoms with Gasteiger partial charge in [0.1, 0.15) is 0 Å². The summed E-state index contributed by atoms with van der Waals surface area (Å²) < 4.78 is 39.0. The van der Waals surface area contributed by atoms with E-state index in [0.717, 1.165) is 26.8 Å². The topological polar surface area (TPSA) is 68.2 Å². The van der Waals surface area contributed by atoms with Gasteiger partial charge >= 0.3 is 6.18 Å². The molecule has 2 aromatic heterocycles. The van der Waals surface area contributed by atoms with Crippen LogP contribution in [0.15, 0.2) is 35.3 Å². The second kappa shape index (κ2) is 7.67. The van der Waals surface area contributed by atoms with Gasteiger partial charge < -0.3 is 9.88 Å². The lowest BCUT2D eigenvalue weighted by molar-refractivity contribution is -0.138. The Bertz CT molecular complexity index is 908. The summed E-state index contributed by atoms with van der Waals surface area (Å²) in [6, 6.07) is 4.67. The van der Waals surface area contributed by atoms with Gasteiger partial charge in [-0.2, -0.15) is 13.2 Å². The number of ketones is 1. The van der Waals surface area contributed by atoms with Crippen molar-refractivity contribution in [1.82, 2.24) is 9.88 Å². The zero-order chi connectivity index (χ0) is 20.4. The van der Waals surface area contributed by atoms with E-state index in [1.807, 2.05) is 0 Å². The molecule has 1 amide bonds. The van der Waals surface area contributed by atoms with Crippen LogP contribution in [0.25, 0.3) is 0 Å². The number of rotatable bonds is 5. The Kier molecular flexibility index (Phi) is 5.94. The Balaban J connectivity index is 2.09. The van der Waals surface area contributed by atoms with E-state index in [-0.39, 0.29) is 12.5 Å². The van der Waals surface area contributed by atoms with Crippen LogP contribution in [0.1, 0.15) is 40.9 Å². The van der Waals surface area contributed by atoms with Crippen LogP contribution < -0.4 is 10.9 Å². The van der Waals surface area contributed by atoms with Crippen molar-refractivity contribution in [3.05, 3.63) is 56.1 Å². The number of nitrogens with one attached hydrogen (secondary N) is 1. The summed E-state index contributed by atoms with van der Waals surface area (Å²) in [7, 11) is 0. The SMILES string of the molecule is CC(C)(C)C(=O)NCc1ccc(C(=O)Cn2cc(C(F)(F)F)ccc2=O)s1. The van der Waals surface area contributed by atoms with Crippen LogP contribution in [0.4, 0.5) is 13.2 Å². The first kappa shape index (κ1) is 20.9. The number of thiophene rings is 1. The summed E-state index contributed by atoms with van der Waals surface area (Å²) in [5, 5.41) is 2.75. The zero-order valence-corrected chi connectivity index (χ0v) is 15.8. The van der Waals surface area contributed by atoms with Crippen LogP contribution in [0.5, 0.6) is 0 Å². The minimum atomic E-state index is -4.60. The first-order chi connectivity index (χ1) is 12.4.